The Morgan fingerprint density at radius 2 is 1.68 bits per heavy atom. The van der Waals surface area contributed by atoms with Gasteiger partial charge in [0, 0.05) is 37.6 Å². The largest absolute Gasteiger partial charge is 0.480 e. The van der Waals surface area contributed by atoms with E-state index in [1.807, 2.05) is 0 Å². The average Bonchev–Trinajstić information content (AvgIpc) is 3.73. The molecule has 4 heterocycles. The Hall–Kier alpha value is -3.95. The van der Waals surface area contributed by atoms with E-state index in [1.165, 1.54) is 20.3 Å². The number of rotatable bonds is 16. The maximum absolute atomic E-state index is 17.8. The van der Waals surface area contributed by atoms with Crippen LogP contribution in [-0.4, -0.2) is 102 Å². The van der Waals surface area contributed by atoms with Crippen LogP contribution in [0.4, 0.5) is 19.0 Å². The molecule has 0 amide bonds. The second kappa shape index (κ2) is 18.6. The second-order valence-electron chi connectivity index (χ2n) is 19.5. The van der Waals surface area contributed by atoms with Gasteiger partial charge in [-0.15, -0.1) is 5.54 Å². The number of nitrogens with zero attached hydrogens (tertiary/aromatic N) is 4. The predicted octanol–water partition coefficient (Wildman–Crippen LogP) is 11.1. The molecule has 15 heteroatoms. The minimum absolute atomic E-state index is 0.00146. The molecular formula is C47H66F3N5O5Si2. The van der Waals surface area contributed by atoms with Gasteiger partial charge in [-0.2, -0.15) is 9.97 Å². The van der Waals surface area contributed by atoms with E-state index in [9.17, 15) is 4.39 Å². The summed E-state index contributed by atoms with van der Waals surface area (Å²) < 4.78 is 78.8. The molecule has 0 bridgehead atoms. The number of anilines is 1. The van der Waals surface area contributed by atoms with Gasteiger partial charge in [-0.1, -0.05) is 74.3 Å². The first-order valence-electron chi connectivity index (χ1n) is 22.0. The number of ether oxygens (including phenoxy) is 4. The van der Waals surface area contributed by atoms with Gasteiger partial charge in [0.2, 0.25) is 5.88 Å². The topological polar surface area (TPSA) is 100 Å². The van der Waals surface area contributed by atoms with Gasteiger partial charge >= 0.3 is 6.01 Å². The van der Waals surface area contributed by atoms with Crippen molar-refractivity contribution >= 4 is 43.9 Å². The molecule has 4 aromatic rings. The molecule has 0 aliphatic carbocycles. The van der Waals surface area contributed by atoms with Crippen LogP contribution in [0.1, 0.15) is 87.1 Å². The number of alkyl halides is 1. The van der Waals surface area contributed by atoms with E-state index >= 15 is 8.78 Å². The van der Waals surface area contributed by atoms with Crippen LogP contribution in [0.15, 0.2) is 24.3 Å². The van der Waals surface area contributed by atoms with Crippen LogP contribution >= 0.6 is 0 Å². The molecule has 0 spiro atoms. The fraction of sp³-hybridized carbons (Fsp3) is 0.596. The quantitative estimate of drug-likeness (QED) is 0.0506. The standard InChI is InChI=1S/C47H66F3N5O5Si2/c1-29(2)62(30(3)4,31(5)6)22-17-35-37(49)16-15-32-23-34(59-28-56-10)24-36(38(32)35)41-40(50)42-39(44(52-41)57-11)43(51-19-21-60-61(12,13)46(7,8)9)54-45(53-42)58-27-47-18-14-20-55(47)26-33(48)25-47/h15-16,23-24,29-31,33H,14,18-21,25-28H2,1-13H3,(H,51,53,54)/t33-,47+/m1/s1. The normalized spacial score (nSPS) is 18.5. The van der Waals surface area contributed by atoms with Crippen LogP contribution in [-0.2, 0) is 9.16 Å². The highest BCUT2D eigenvalue weighted by Crippen LogP contribution is 2.45. The molecule has 2 aromatic carbocycles. The summed E-state index contributed by atoms with van der Waals surface area (Å²) in [6.07, 6.45) is 1.10. The summed E-state index contributed by atoms with van der Waals surface area (Å²) in [5.41, 5.74) is 4.18. The maximum atomic E-state index is 17.8. The van der Waals surface area contributed by atoms with E-state index < -0.39 is 39.7 Å². The van der Waals surface area contributed by atoms with E-state index in [1.54, 1.807) is 18.2 Å². The van der Waals surface area contributed by atoms with E-state index in [-0.39, 0.29) is 63.9 Å². The van der Waals surface area contributed by atoms with Gasteiger partial charge in [-0.05, 0) is 77.7 Å². The molecule has 6 rings (SSSR count). The first-order chi connectivity index (χ1) is 29.2. The molecule has 338 valence electrons. The molecule has 10 nitrogen and oxygen atoms in total. The number of fused-ring (bicyclic) bond motifs is 3. The highest BCUT2D eigenvalue weighted by Gasteiger charge is 2.49. The third-order valence-corrected chi connectivity index (χ3v) is 24.6. The number of methoxy groups -OCH3 is 2. The third-order valence-electron chi connectivity index (χ3n) is 13.7. The SMILES string of the molecule is COCOc1cc(-c2nc(OC)c3c(NCCO[Si](C)(C)C(C)(C)C)nc(OC[C@@]45CCCN4C[C@H](F)C5)nc3c2F)c2c(C#C[Si](C(C)C)(C(C)C)C(C)C)c(F)ccc2c1. The van der Waals surface area contributed by atoms with Crippen LogP contribution in [0, 0.1) is 23.1 Å². The van der Waals surface area contributed by atoms with Crippen LogP contribution in [0.3, 0.4) is 0 Å². The number of pyridine rings is 1. The lowest BCUT2D eigenvalue weighted by Crippen LogP contribution is -2.43. The van der Waals surface area contributed by atoms with Gasteiger partial charge in [0.25, 0.3) is 0 Å². The van der Waals surface area contributed by atoms with Crippen molar-refractivity contribution < 1.29 is 36.5 Å². The van der Waals surface area contributed by atoms with Crippen molar-refractivity contribution in [3.05, 3.63) is 41.5 Å². The lowest BCUT2D eigenvalue weighted by atomic mass is 9.95. The maximum Gasteiger partial charge on any atom is 0.319 e. The van der Waals surface area contributed by atoms with Gasteiger partial charge in [0.05, 0.1) is 24.8 Å². The summed E-state index contributed by atoms with van der Waals surface area (Å²) in [5.74, 6) is 2.63. The van der Waals surface area contributed by atoms with Crippen LogP contribution in [0.5, 0.6) is 17.6 Å². The zero-order chi connectivity index (χ0) is 45.4. The fourth-order valence-electron chi connectivity index (χ4n) is 9.51. The molecule has 2 saturated heterocycles. The number of benzene rings is 2. The minimum Gasteiger partial charge on any atom is -0.480 e. The van der Waals surface area contributed by atoms with Gasteiger partial charge in [0.1, 0.15) is 54.8 Å². The highest BCUT2D eigenvalue weighted by molar-refractivity contribution is 6.90. The Morgan fingerprint density at radius 3 is 2.32 bits per heavy atom. The van der Waals surface area contributed by atoms with Crippen molar-refractivity contribution in [3.63, 3.8) is 0 Å². The van der Waals surface area contributed by atoms with Crippen molar-refractivity contribution in [1.82, 2.24) is 19.9 Å². The minimum atomic E-state index is -2.33. The Kier molecular flexibility index (Phi) is 14.3. The predicted molar refractivity (Wildman–Crippen MR) is 247 cm³/mol. The Labute approximate surface area is 368 Å². The van der Waals surface area contributed by atoms with Crippen LogP contribution in [0.25, 0.3) is 32.9 Å². The Morgan fingerprint density at radius 1 is 0.968 bits per heavy atom. The molecule has 62 heavy (non-hydrogen) atoms. The molecule has 1 N–H and O–H groups in total. The van der Waals surface area contributed by atoms with E-state index in [2.05, 4.69) is 102 Å². The van der Waals surface area contributed by atoms with Gasteiger partial charge in [-0.25, -0.2) is 18.2 Å². The first-order valence-corrected chi connectivity index (χ1v) is 27.1. The molecule has 2 fully saturated rings. The zero-order valence-electron chi connectivity index (χ0n) is 38.9. The van der Waals surface area contributed by atoms with Crippen LogP contribution in [0.2, 0.25) is 34.8 Å². The number of nitrogens with one attached hydrogen (secondary N) is 1. The Balaban J connectivity index is 1.57. The molecule has 2 aliphatic heterocycles. The fourth-order valence-corrected chi connectivity index (χ4v) is 15.8. The third kappa shape index (κ3) is 9.18. The summed E-state index contributed by atoms with van der Waals surface area (Å²) in [4.78, 5) is 16.4. The molecule has 0 saturated carbocycles. The van der Waals surface area contributed by atoms with Crippen LogP contribution < -0.4 is 19.5 Å². The van der Waals surface area contributed by atoms with Crippen molar-refractivity contribution in [2.75, 3.05) is 59.2 Å². The molecule has 2 aliphatic rings. The van der Waals surface area contributed by atoms with Gasteiger partial charge in [-0.3, -0.25) is 4.90 Å². The zero-order valence-corrected chi connectivity index (χ0v) is 40.9. The van der Waals surface area contributed by atoms with E-state index in [0.717, 1.165) is 19.4 Å². The number of hydrogen-bond acceptors (Lipinski definition) is 10. The first kappa shape index (κ1) is 47.5. The van der Waals surface area contributed by atoms with E-state index in [4.69, 9.17) is 33.3 Å². The summed E-state index contributed by atoms with van der Waals surface area (Å²) in [7, 11) is -1.47. The summed E-state index contributed by atoms with van der Waals surface area (Å²) in [6, 6.07) is 6.32. The Bertz CT molecular complexity index is 2310. The average molecular weight is 894 g/mol. The summed E-state index contributed by atoms with van der Waals surface area (Å²) in [5, 5.41) is 4.49. The number of halogens is 3. The lowest BCUT2D eigenvalue weighted by Gasteiger charge is -2.38. The summed E-state index contributed by atoms with van der Waals surface area (Å²) in [6.45, 7) is 26.0. The van der Waals surface area contributed by atoms with Crippen molar-refractivity contribution in [3.8, 4) is 40.4 Å². The second-order valence-corrected chi connectivity index (χ2v) is 29.8. The van der Waals surface area contributed by atoms with Gasteiger partial charge < -0.3 is 28.7 Å². The van der Waals surface area contributed by atoms with E-state index in [0.29, 0.717) is 59.3 Å². The molecular weight excluding hydrogens is 828 g/mol. The van der Waals surface area contributed by atoms with Crippen molar-refractivity contribution in [1.29, 1.82) is 0 Å². The van der Waals surface area contributed by atoms with Crippen molar-refractivity contribution in [2.24, 2.45) is 0 Å². The lowest BCUT2D eigenvalue weighted by molar-refractivity contribution is 0.0512. The number of hydrogen-bond donors (Lipinski definition) is 1. The van der Waals surface area contributed by atoms with Crippen molar-refractivity contribution in [2.45, 2.75) is 128 Å². The van der Waals surface area contributed by atoms with Gasteiger partial charge in [0.15, 0.2) is 20.9 Å². The molecule has 0 unspecified atom stereocenters. The smallest absolute Gasteiger partial charge is 0.319 e. The highest BCUT2D eigenvalue weighted by atomic mass is 28.4. The molecule has 2 aromatic heterocycles. The molecule has 2 atom stereocenters. The molecule has 0 radical (unpaired) electrons. The summed E-state index contributed by atoms with van der Waals surface area (Å²) >= 11 is 0. The monoisotopic (exact) mass is 893 g/mol. The number of aromatic nitrogens is 3.